The van der Waals surface area contributed by atoms with Crippen molar-refractivity contribution in [3.8, 4) is 22.8 Å². The number of fused-ring (bicyclic) bond motifs is 3. The average molecular weight is 771 g/mol. The van der Waals surface area contributed by atoms with Gasteiger partial charge in [0.2, 0.25) is 11.8 Å². The van der Waals surface area contributed by atoms with Gasteiger partial charge in [0.05, 0.1) is 33.5 Å². The van der Waals surface area contributed by atoms with E-state index < -0.39 is 11.9 Å². The molecule has 3 aromatic heterocycles. The summed E-state index contributed by atoms with van der Waals surface area (Å²) in [5.74, 6) is -0.355. The van der Waals surface area contributed by atoms with Gasteiger partial charge in [-0.3, -0.25) is 33.7 Å². The quantitative estimate of drug-likeness (QED) is 0.211. The number of anilines is 2. The third-order valence-electron chi connectivity index (χ3n) is 13.5. The van der Waals surface area contributed by atoms with Crippen LogP contribution < -0.4 is 26.1 Å². The van der Waals surface area contributed by atoms with Crippen molar-refractivity contribution < 1.29 is 18.8 Å². The highest BCUT2D eigenvalue weighted by molar-refractivity contribution is 6.00. The Morgan fingerprint density at radius 2 is 1.70 bits per heavy atom. The van der Waals surface area contributed by atoms with E-state index in [9.17, 15) is 19.2 Å². The van der Waals surface area contributed by atoms with Crippen LogP contribution in [0.15, 0.2) is 59.5 Å². The second kappa shape index (κ2) is 12.3. The second-order valence-corrected chi connectivity index (χ2v) is 17.1. The van der Waals surface area contributed by atoms with Crippen LogP contribution in [-0.2, 0) is 22.1 Å². The molecule has 1 unspecified atom stereocenters. The van der Waals surface area contributed by atoms with E-state index in [0.29, 0.717) is 47.0 Å². The fourth-order valence-electron chi connectivity index (χ4n) is 9.84. The number of aromatic nitrogens is 5. The van der Waals surface area contributed by atoms with Crippen molar-refractivity contribution in [3.63, 3.8) is 0 Å². The predicted octanol–water partition coefficient (Wildman–Crippen LogP) is 3.47. The first-order valence-electron chi connectivity index (χ1n) is 20.0. The normalized spacial score (nSPS) is 22.5. The predicted molar refractivity (Wildman–Crippen MR) is 211 cm³/mol. The van der Waals surface area contributed by atoms with Crippen LogP contribution in [0.3, 0.4) is 0 Å². The van der Waals surface area contributed by atoms with Crippen LogP contribution in [0, 0.1) is 11.7 Å². The number of halogens is 1. The van der Waals surface area contributed by atoms with Crippen LogP contribution in [0.2, 0.25) is 0 Å². The summed E-state index contributed by atoms with van der Waals surface area (Å²) in [7, 11) is 1.72. The first-order valence-corrected chi connectivity index (χ1v) is 20.0. The van der Waals surface area contributed by atoms with Gasteiger partial charge in [0.15, 0.2) is 5.82 Å². The Labute approximate surface area is 327 Å². The van der Waals surface area contributed by atoms with E-state index >= 15 is 4.39 Å². The number of H-pyrrole nitrogens is 1. The zero-order chi connectivity index (χ0) is 38.8. The number of carbonyl (C=O) groups is 3. The summed E-state index contributed by atoms with van der Waals surface area (Å²) in [6.07, 6.45) is 6.50. The Kier molecular flexibility index (Phi) is 7.45. The summed E-state index contributed by atoms with van der Waals surface area (Å²) in [6.45, 7) is 6.07. The standard InChI is InChI=1S/C42H43FN10O4/c1-49-34-17-26(3-5-32(34)53(40(49)57)33-6-7-35(54)48-39(33)56)51-19-24(20-51)21-52-15-14-50(23-42(52)11-12-42)25-2-4-27(29(43)16-25)37-44-13-8-30(47-37)31-18-28-36(46-31)41(9-10-41)22-45-38(28)55/h2-5,8,13,16-18,24,33,46H,6-7,9-12,14-15,19-23H2,1H3,(H,45,55)(H,48,54,56). The highest BCUT2D eigenvalue weighted by Gasteiger charge is 2.52. The number of piperazine rings is 1. The lowest BCUT2D eigenvalue weighted by molar-refractivity contribution is -0.135. The van der Waals surface area contributed by atoms with Gasteiger partial charge >= 0.3 is 5.69 Å². The van der Waals surface area contributed by atoms with Gasteiger partial charge in [-0.1, -0.05) is 0 Å². The Bertz CT molecular complexity index is 2600. The number of amides is 3. The first kappa shape index (κ1) is 34.4. The average Bonchev–Trinajstić information content (AvgIpc) is 4.09. The van der Waals surface area contributed by atoms with E-state index in [2.05, 4.69) is 35.3 Å². The lowest BCUT2D eigenvalue weighted by Crippen LogP contribution is -2.59. The minimum absolute atomic E-state index is 0.00128. The molecule has 0 radical (unpaired) electrons. The van der Waals surface area contributed by atoms with Gasteiger partial charge < -0.3 is 20.1 Å². The Hall–Kier alpha value is -5.83. The van der Waals surface area contributed by atoms with E-state index in [4.69, 9.17) is 4.98 Å². The van der Waals surface area contributed by atoms with Crippen LogP contribution in [0.1, 0.15) is 60.6 Å². The van der Waals surface area contributed by atoms with Crippen LogP contribution >= 0.6 is 0 Å². The maximum absolute atomic E-state index is 15.9. The maximum atomic E-state index is 15.9. The smallest absolute Gasteiger partial charge is 0.329 e. The number of hydrogen-bond donors (Lipinski definition) is 3. The summed E-state index contributed by atoms with van der Waals surface area (Å²) in [5, 5.41) is 5.38. The topological polar surface area (TPSA) is 153 Å². The molecule has 0 bridgehead atoms. The number of aromatic amines is 1. The molecular weight excluding hydrogens is 728 g/mol. The lowest BCUT2D eigenvalue weighted by atomic mass is 9.95. The van der Waals surface area contributed by atoms with Crippen molar-refractivity contribution in [3.05, 3.63) is 82.3 Å². The zero-order valence-corrected chi connectivity index (χ0v) is 31.7. The van der Waals surface area contributed by atoms with Gasteiger partial charge in [-0.05, 0) is 80.6 Å². The number of benzene rings is 2. The highest BCUT2D eigenvalue weighted by Crippen LogP contribution is 2.51. The minimum Gasteiger partial charge on any atom is -0.371 e. The molecule has 2 aliphatic carbocycles. The molecule has 4 aliphatic heterocycles. The molecule has 14 nitrogen and oxygen atoms in total. The number of rotatable bonds is 7. The molecular formula is C42H43FN10O4. The molecule has 11 rings (SSSR count). The fraction of sp³-hybridized carbons (Fsp3) is 0.429. The van der Waals surface area contributed by atoms with Crippen LogP contribution in [-0.4, -0.2) is 98.1 Å². The van der Waals surface area contributed by atoms with Crippen LogP contribution in [0.25, 0.3) is 33.8 Å². The maximum Gasteiger partial charge on any atom is 0.329 e. The molecule has 2 aromatic carbocycles. The van der Waals surface area contributed by atoms with E-state index in [1.807, 2.05) is 30.3 Å². The van der Waals surface area contributed by atoms with Crippen molar-refractivity contribution in [2.24, 2.45) is 13.0 Å². The van der Waals surface area contributed by atoms with E-state index in [0.717, 1.165) is 93.2 Å². The molecule has 7 heterocycles. The fourth-order valence-corrected chi connectivity index (χ4v) is 9.84. The number of nitrogens with one attached hydrogen (secondary N) is 3. The molecule has 2 saturated carbocycles. The van der Waals surface area contributed by atoms with Gasteiger partial charge in [-0.25, -0.2) is 19.2 Å². The van der Waals surface area contributed by atoms with Crippen molar-refractivity contribution in [2.45, 2.75) is 55.5 Å². The van der Waals surface area contributed by atoms with Gasteiger partial charge in [-0.2, -0.15) is 0 Å². The van der Waals surface area contributed by atoms with E-state index in [-0.39, 0.29) is 40.7 Å². The summed E-state index contributed by atoms with van der Waals surface area (Å²) in [4.78, 5) is 70.0. The molecule has 2 spiro atoms. The van der Waals surface area contributed by atoms with E-state index in [1.165, 1.54) is 4.57 Å². The Morgan fingerprint density at radius 3 is 2.47 bits per heavy atom. The number of carbonyl (C=O) groups excluding carboxylic acids is 3. The van der Waals surface area contributed by atoms with Crippen molar-refractivity contribution in [2.75, 3.05) is 55.6 Å². The molecule has 5 fully saturated rings. The monoisotopic (exact) mass is 770 g/mol. The molecule has 3 saturated heterocycles. The molecule has 6 aliphatic rings. The number of imide groups is 1. The van der Waals surface area contributed by atoms with E-state index in [1.54, 1.807) is 36.0 Å². The molecule has 57 heavy (non-hydrogen) atoms. The Morgan fingerprint density at radius 1 is 0.895 bits per heavy atom. The summed E-state index contributed by atoms with van der Waals surface area (Å²) >= 11 is 0. The SMILES string of the molecule is Cn1c(=O)n(C2CCC(=O)NC2=O)c2ccc(N3CC(CN4CCN(c5ccc(-c6nccc(-c7cc8c([nH]7)C7(CC7)CNC8=O)n6)c(F)c5)CC45CC5)C3)cc21. The molecule has 292 valence electrons. The largest absolute Gasteiger partial charge is 0.371 e. The van der Waals surface area contributed by atoms with Gasteiger partial charge in [-0.15, -0.1) is 0 Å². The number of piperidine rings is 1. The number of imidazole rings is 1. The molecule has 5 aromatic rings. The third-order valence-corrected chi connectivity index (χ3v) is 13.5. The molecule has 1 atom stereocenters. The van der Waals surface area contributed by atoms with Crippen molar-refractivity contribution in [1.82, 2.24) is 39.6 Å². The Balaban J connectivity index is 0.739. The second-order valence-electron chi connectivity index (χ2n) is 17.1. The third kappa shape index (κ3) is 5.52. The van der Waals surface area contributed by atoms with Crippen molar-refractivity contribution in [1.29, 1.82) is 0 Å². The molecule has 15 heteroatoms. The lowest BCUT2D eigenvalue weighted by Gasteiger charge is -2.48. The minimum atomic E-state index is -0.700. The number of aryl methyl sites for hydroxylation is 1. The summed E-state index contributed by atoms with van der Waals surface area (Å²) in [6, 6.07) is 14.3. The number of nitrogens with zero attached hydrogens (tertiary/aromatic N) is 7. The van der Waals surface area contributed by atoms with Crippen molar-refractivity contribution >= 4 is 40.1 Å². The molecule has 3 amide bonds. The molecule has 3 N–H and O–H groups in total. The van der Waals surface area contributed by atoms with Crippen LogP contribution in [0.4, 0.5) is 15.8 Å². The van der Waals surface area contributed by atoms with Gasteiger partial charge in [0, 0.05) is 99.4 Å². The van der Waals surface area contributed by atoms with Gasteiger partial charge in [0.25, 0.3) is 5.91 Å². The summed E-state index contributed by atoms with van der Waals surface area (Å²) in [5.41, 5.74) is 6.56. The first-order chi connectivity index (χ1) is 27.6. The highest BCUT2D eigenvalue weighted by atomic mass is 19.1. The van der Waals surface area contributed by atoms with Gasteiger partial charge in [0.1, 0.15) is 11.9 Å². The number of hydrogen-bond acceptors (Lipinski definition) is 9. The summed E-state index contributed by atoms with van der Waals surface area (Å²) < 4.78 is 19.0. The zero-order valence-electron chi connectivity index (χ0n) is 31.7. The van der Waals surface area contributed by atoms with Crippen LogP contribution in [0.5, 0.6) is 0 Å².